The van der Waals surface area contributed by atoms with Gasteiger partial charge in [0, 0.05) is 9.87 Å². The number of ether oxygens (including phenoxy) is 1. The standard InChI is InChI=1S/C9H13B4Br2NO2/c10-8(11,15)9(12,13)18-6-2-1-4(14)3-5(6)7(16)17/h1-3H,10-13H2,(H2,16,17). The molecule has 9 heteroatoms. The summed E-state index contributed by atoms with van der Waals surface area (Å²) in [5.74, 6) is -0.0160. The summed E-state index contributed by atoms with van der Waals surface area (Å²) in [7, 11) is 7.93. The molecule has 1 amide bonds. The summed E-state index contributed by atoms with van der Waals surface area (Å²) in [4.78, 5) is 11.4. The van der Waals surface area contributed by atoms with Crippen LogP contribution in [0.15, 0.2) is 22.7 Å². The van der Waals surface area contributed by atoms with Crippen molar-refractivity contribution in [2.24, 2.45) is 5.73 Å². The number of amides is 1. The van der Waals surface area contributed by atoms with E-state index < -0.39 is 11.3 Å². The third-order valence-corrected chi connectivity index (χ3v) is 4.45. The van der Waals surface area contributed by atoms with Gasteiger partial charge in [-0.2, -0.15) is 0 Å². The molecule has 0 radical (unpaired) electrons. The maximum atomic E-state index is 11.4. The molecule has 0 aliphatic carbocycles. The zero-order chi connectivity index (χ0) is 14.1. The first kappa shape index (κ1) is 15.8. The van der Waals surface area contributed by atoms with Crippen LogP contribution in [0.25, 0.3) is 0 Å². The highest BCUT2D eigenvalue weighted by molar-refractivity contribution is 9.11. The average molecular weight is 370 g/mol. The van der Waals surface area contributed by atoms with E-state index in [1.165, 1.54) is 0 Å². The molecule has 0 aromatic heterocycles. The van der Waals surface area contributed by atoms with Crippen LogP contribution in [0, 0.1) is 0 Å². The first-order chi connectivity index (χ1) is 8.04. The number of primary amides is 1. The highest BCUT2D eigenvalue weighted by atomic mass is 79.9. The molecule has 92 valence electrons. The second-order valence-electron chi connectivity index (χ2n) is 5.09. The molecule has 0 saturated heterocycles. The predicted octanol–water partition coefficient (Wildman–Crippen LogP) is -1.84. The fourth-order valence-electron chi connectivity index (χ4n) is 1.18. The lowest BCUT2D eigenvalue weighted by Crippen LogP contribution is -2.56. The van der Waals surface area contributed by atoms with E-state index in [0.717, 1.165) is 4.47 Å². The van der Waals surface area contributed by atoms with Crippen molar-refractivity contribution in [3.63, 3.8) is 0 Å². The van der Waals surface area contributed by atoms with Crippen LogP contribution in [0.3, 0.4) is 0 Å². The van der Waals surface area contributed by atoms with Gasteiger partial charge in [-0.25, -0.2) is 0 Å². The van der Waals surface area contributed by atoms with Crippen LogP contribution in [0.2, 0.25) is 0 Å². The minimum atomic E-state index is -0.505. The van der Waals surface area contributed by atoms with Gasteiger partial charge < -0.3 is 10.5 Å². The molecule has 1 aromatic rings. The fourth-order valence-corrected chi connectivity index (χ4v) is 1.62. The lowest BCUT2D eigenvalue weighted by molar-refractivity contribution is 0.0994. The molecule has 0 fully saturated rings. The van der Waals surface area contributed by atoms with Crippen molar-refractivity contribution < 1.29 is 9.53 Å². The molecule has 0 aliphatic heterocycles. The SMILES string of the molecule is BC(B)(Br)C(B)(B)Oc1ccc(Br)cc1C(N)=O. The van der Waals surface area contributed by atoms with E-state index >= 15 is 0 Å². The van der Waals surface area contributed by atoms with Crippen LogP contribution < -0.4 is 10.5 Å². The molecule has 3 nitrogen and oxygen atoms in total. The summed E-state index contributed by atoms with van der Waals surface area (Å²) < 4.78 is 6.49. The number of carbonyl (C=O) groups is 1. The maximum absolute atomic E-state index is 11.4. The van der Waals surface area contributed by atoms with Gasteiger partial charge in [-0.15, -0.1) is 15.9 Å². The number of hydrogen-bond acceptors (Lipinski definition) is 2. The molecule has 0 aliphatic rings. The van der Waals surface area contributed by atoms with Gasteiger partial charge in [0.05, 0.1) is 5.56 Å². The van der Waals surface area contributed by atoms with E-state index in [2.05, 4.69) is 31.9 Å². The van der Waals surface area contributed by atoms with Gasteiger partial charge in [0.1, 0.15) is 37.1 Å². The Kier molecular flexibility index (Phi) is 4.70. The Hall–Kier alpha value is -0.290. The van der Waals surface area contributed by atoms with Gasteiger partial charge in [-0.1, -0.05) is 15.9 Å². The summed E-state index contributed by atoms with van der Waals surface area (Å²) in [5, 5.41) is -0.495. The molecule has 0 atom stereocenters. The summed E-state index contributed by atoms with van der Waals surface area (Å²) in [6.45, 7) is 0. The molecule has 0 spiro atoms. The minimum absolute atomic E-state index is 0.248. The zero-order valence-electron chi connectivity index (χ0n) is 10.9. The number of rotatable bonds is 4. The molecular formula is C9H13B4Br2NO2. The van der Waals surface area contributed by atoms with Gasteiger partial charge in [-0.3, -0.25) is 4.79 Å². The summed E-state index contributed by atoms with van der Waals surface area (Å²) in [6, 6.07) is 5.22. The number of carbonyl (C=O) groups excluding carboxylic acids is 1. The topological polar surface area (TPSA) is 52.3 Å². The van der Waals surface area contributed by atoms with E-state index in [-0.39, 0.29) is 4.12 Å². The third-order valence-electron chi connectivity index (χ3n) is 3.00. The highest BCUT2D eigenvalue weighted by Crippen LogP contribution is 2.30. The van der Waals surface area contributed by atoms with Crippen molar-refractivity contribution in [3.05, 3.63) is 28.2 Å². The Morgan fingerprint density at radius 2 is 1.83 bits per heavy atom. The second-order valence-corrected chi connectivity index (χ2v) is 7.99. The molecule has 0 bridgehead atoms. The van der Waals surface area contributed by atoms with E-state index in [1.54, 1.807) is 12.1 Å². The first-order valence-corrected chi connectivity index (χ1v) is 7.10. The normalized spacial score (nSPS) is 12.1. The number of benzene rings is 1. The van der Waals surface area contributed by atoms with Crippen molar-refractivity contribution in [3.8, 4) is 5.75 Å². The quantitative estimate of drug-likeness (QED) is 0.501. The van der Waals surface area contributed by atoms with E-state index in [1.807, 2.05) is 37.5 Å². The van der Waals surface area contributed by atoms with Crippen LogP contribution >= 0.6 is 31.9 Å². The molecule has 0 unspecified atom stereocenters. The van der Waals surface area contributed by atoms with Gasteiger partial charge in [-0.05, 0) is 22.3 Å². The van der Waals surface area contributed by atoms with Gasteiger partial charge in [0.2, 0.25) is 0 Å². The Bertz CT molecular complexity index is 476. The van der Waals surface area contributed by atoms with Crippen molar-refractivity contribution in [1.29, 1.82) is 0 Å². The molecule has 18 heavy (non-hydrogen) atoms. The molecule has 1 aromatic carbocycles. The van der Waals surface area contributed by atoms with Crippen LogP contribution in [0.1, 0.15) is 10.4 Å². The zero-order valence-corrected chi connectivity index (χ0v) is 14.1. The van der Waals surface area contributed by atoms with Gasteiger partial charge in [0.15, 0.2) is 0 Å². The lowest BCUT2D eigenvalue weighted by atomic mass is 9.45. The van der Waals surface area contributed by atoms with Crippen LogP contribution in [-0.2, 0) is 0 Å². The third kappa shape index (κ3) is 3.60. The van der Waals surface area contributed by atoms with Crippen molar-refractivity contribution in [2.45, 2.75) is 9.52 Å². The van der Waals surface area contributed by atoms with E-state index in [4.69, 9.17) is 10.5 Å². The molecule has 2 N–H and O–H groups in total. The van der Waals surface area contributed by atoms with Crippen LogP contribution in [0.5, 0.6) is 5.75 Å². The molecule has 0 heterocycles. The monoisotopic (exact) mass is 369 g/mol. The predicted molar refractivity (Wildman–Crippen MR) is 91.9 cm³/mol. The fraction of sp³-hybridized carbons (Fsp3) is 0.222. The van der Waals surface area contributed by atoms with Crippen molar-refractivity contribution >= 4 is 69.2 Å². The Morgan fingerprint density at radius 1 is 1.28 bits per heavy atom. The Balaban J connectivity index is 3.16. The van der Waals surface area contributed by atoms with E-state index in [0.29, 0.717) is 11.3 Å². The Labute approximate surface area is 127 Å². The maximum Gasteiger partial charge on any atom is 0.252 e. The van der Waals surface area contributed by atoms with E-state index in [9.17, 15) is 4.79 Å². The molecular weight excluding hydrogens is 357 g/mol. The van der Waals surface area contributed by atoms with Crippen molar-refractivity contribution in [2.75, 3.05) is 0 Å². The largest absolute Gasteiger partial charge is 0.505 e. The molecule has 0 saturated carbocycles. The van der Waals surface area contributed by atoms with Crippen molar-refractivity contribution in [1.82, 2.24) is 0 Å². The van der Waals surface area contributed by atoms with Crippen LogP contribution in [-0.4, -0.2) is 46.8 Å². The second kappa shape index (κ2) is 5.37. The average Bonchev–Trinajstić information content (AvgIpc) is 2.18. The summed E-state index contributed by atoms with van der Waals surface area (Å²) >= 11 is 6.89. The lowest BCUT2D eigenvalue weighted by Gasteiger charge is -2.39. The highest BCUT2D eigenvalue weighted by Gasteiger charge is 2.36. The van der Waals surface area contributed by atoms with Gasteiger partial charge >= 0.3 is 0 Å². The summed E-state index contributed by atoms with van der Waals surface area (Å²) in [6.07, 6.45) is 0. The van der Waals surface area contributed by atoms with Gasteiger partial charge in [0.25, 0.3) is 5.91 Å². The minimum Gasteiger partial charge on any atom is -0.505 e. The molecule has 1 rings (SSSR count). The number of nitrogens with two attached hydrogens (primary N) is 1. The van der Waals surface area contributed by atoms with Crippen LogP contribution in [0.4, 0.5) is 0 Å². The summed E-state index contributed by atoms with van der Waals surface area (Å²) in [5.41, 5.74) is 5.73. The Morgan fingerprint density at radius 3 is 2.28 bits per heavy atom. The number of alkyl halides is 1. The number of halogens is 2. The first-order valence-electron chi connectivity index (χ1n) is 5.52. The smallest absolute Gasteiger partial charge is 0.252 e. The number of hydrogen-bond donors (Lipinski definition) is 1.